The molecule has 2 aliphatic rings. The standard InChI is InChI=1S/C12H17N3O5/c1-6-3-4-15(9(6)11(18)19)12(20)13-7-5-8(16)14(2)10(7)17/h6-7,9H,3-5H2,1-2H3,(H,13,20)(H,18,19). The Labute approximate surface area is 115 Å². The molecular weight excluding hydrogens is 266 g/mol. The van der Waals surface area contributed by atoms with E-state index in [4.69, 9.17) is 5.11 Å². The van der Waals surface area contributed by atoms with Crippen molar-refractivity contribution < 1.29 is 24.3 Å². The fourth-order valence-corrected chi connectivity index (χ4v) is 2.65. The second kappa shape index (κ2) is 5.10. The Hall–Kier alpha value is -2.12. The molecule has 2 heterocycles. The maximum atomic E-state index is 12.1. The summed E-state index contributed by atoms with van der Waals surface area (Å²) in [5.41, 5.74) is 0. The number of nitrogens with one attached hydrogen (secondary N) is 1. The number of urea groups is 1. The first-order chi connectivity index (χ1) is 9.32. The van der Waals surface area contributed by atoms with E-state index in [1.165, 1.54) is 11.9 Å². The van der Waals surface area contributed by atoms with Gasteiger partial charge in [0, 0.05) is 13.6 Å². The normalized spacial score (nSPS) is 30.0. The van der Waals surface area contributed by atoms with Gasteiger partial charge in [0.05, 0.1) is 6.42 Å². The van der Waals surface area contributed by atoms with Gasteiger partial charge in [-0.3, -0.25) is 14.5 Å². The minimum atomic E-state index is -1.06. The third-order valence-corrected chi connectivity index (χ3v) is 3.89. The maximum absolute atomic E-state index is 12.1. The zero-order valence-corrected chi connectivity index (χ0v) is 11.3. The van der Waals surface area contributed by atoms with Crippen molar-refractivity contribution in [3.63, 3.8) is 0 Å². The molecule has 8 nitrogen and oxygen atoms in total. The summed E-state index contributed by atoms with van der Waals surface area (Å²) in [4.78, 5) is 48.5. The number of carboxylic acids is 1. The number of amides is 4. The molecule has 2 saturated heterocycles. The summed E-state index contributed by atoms with van der Waals surface area (Å²) in [6.07, 6.45) is 0.518. The predicted octanol–water partition coefficient (Wildman–Crippen LogP) is -0.752. The van der Waals surface area contributed by atoms with Crippen LogP contribution in [0.15, 0.2) is 0 Å². The molecule has 0 aromatic rings. The number of hydrogen-bond acceptors (Lipinski definition) is 4. The average Bonchev–Trinajstić information content (AvgIpc) is 2.86. The molecule has 2 rings (SSSR count). The fraction of sp³-hybridized carbons (Fsp3) is 0.667. The number of rotatable bonds is 2. The fourth-order valence-electron chi connectivity index (χ4n) is 2.65. The molecular formula is C12H17N3O5. The first-order valence-corrected chi connectivity index (χ1v) is 6.43. The lowest BCUT2D eigenvalue weighted by Gasteiger charge is -2.24. The van der Waals surface area contributed by atoms with Crippen molar-refractivity contribution in [1.82, 2.24) is 15.1 Å². The number of nitrogens with zero attached hydrogens (tertiary/aromatic N) is 2. The quantitative estimate of drug-likeness (QED) is 0.648. The van der Waals surface area contributed by atoms with E-state index in [0.29, 0.717) is 13.0 Å². The van der Waals surface area contributed by atoms with E-state index < -0.39 is 30.0 Å². The number of likely N-dealkylation sites (N-methyl/N-ethyl adjacent to an activating group) is 1. The molecule has 0 spiro atoms. The van der Waals surface area contributed by atoms with Crippen LogP contribution >= 0.6 is 0 Å². The molecule has 110 valence electrons. The van der Waals surface area contributed by atoms with Gasteiger partial charge in [-0.05, 0) is 12.3 Å². The number of carbonyl (C=O) groups is 4. The largest absolute Gasteiger partial charge is 0.480 e. The Morgan fingerprint density at radius 2 is 2.00 bits per heavy atom. The van der Waals surface area contributed by atoms with Crippen molar-refractivity contribution in [3.05, 3.63) is 0 Å². The lowest BCUT2D eigenvalue weighted by atomic mass is 10.0. The van der Waals surface area contributed by atoms with Crippen molar-refractivity contribution in [3.8, 4) is 0 Å². The van der Waals surface area contributed by atoms with Crippen LogP contribution in [0, 0.1) is 5.92 Å². The van der Waals surface area contributed by atoms with Crippen molar-refractivity contribution in [2.75, 3.05) is 13.6 Å². The summed E-state index contributed by atoms with van der Waals surface area (Å²) in [7, 11) is 1.36. The van der Waals surface area contributed by atoms with Gasteiger partial charge in [-0.15, -0.1) is 0 Å². The van der Waals surface area contributed by atoms with E-state index in [0.717, 1.165) is 4.90 Å². The first kappa shape index (κ1) is 14.3. The monoisotopic (exact) mass is 283 g/mol. The van der Waals surface area contributed by atoms with Crippen molar-refractivity contribution in [1.29, 1.82) is 0 Å². The summed E-state index contributed by atoms with van der Waals surface area (Å²) in [5, 5.41) is 11.6. The molecule has 3 atom stereocenters. The summed E-state index contributed by atoms with van der Waals surface area (Å²) in [6, 6.07) is -2.39. The number of carboxylic acid groups (broad SMARTS) is 1. The zero-order valence-electron chi connectivity index (χ0n) is 11.3. The van der Waals surface area contributed by atoms with Crippen LogP contribution in [0.2, 0.25) is 0 Å². The van der Waals surface area contributed by atoms with E-state index in [1.807, 2.05) is 0 Å². The third-order valence-electron chi connectivity index (χ3n) is 3.89. The molecule has 2 aliphatic heterocycles. The number of hydrogen-bond donors (Lipinski definition) is 2. The third kappa shape index (κ3) is 2.33. The molecule has 0 radical (unpaired) electrons. The van der Waals surface area contributed by atoms with Crippen LogP contribution in [0.3, 0.4) is 0 Å². The van der Waals surface area contributed by atoms with Gasteiger partial charge in [0.2, 0.25) is 5.91 Å². The van der Waals surface area contributed by atoms with Gasteiger partial charge in [0.15, 0.2) is 0 Å². The van der Waals surface area contributed by atoms with Crippen LogP contribution in [0.4, 0.5) is 4.79 Å². The first-order valence-electron chi connectivity index (χ1n) is 6.43. The summed E-state index contributed by atoms with van der Waals surface area (Å²) in [6.45, 7) is 2.10. The highest BCUT2D eigenvalue weighted by molar-refractivity contribution is 6.06. The highest BCUT2D eigenvalue weighted by atomic mass is 16.4. The molecule has 3 unspecified atom stereocenters. The van der Waals surface area contributed by atoms with Crippen molar-refractivity contribution >= 4 is 23.8 Å². The number of imide groups is 1. The van der Waals surface area contributed by atoms with Gasteiger partial charge in [0.25, 0.3) is 5.91 Å². The van der Waals surface area contributed by atoms with E-state index in [1.54, 1.807) is 6.92 Å². The van der Waals surface area contributed by atoms with Crippen molar-refractivity contribution in [2.24, 2.45) is 5.92 Å². The Bertz CT molecular complexity index is 478. The molecule has 2 N–H and O–H groups in total. The van der Waals surface area contributed by atoms with Gasteiger partial charge in [-0.2, -0.15) is 0 Å². The number of carbonyl (C=O) groups excluding carboxylic acids is 3. The molecule has 0 bridgehead atoms. The molecule has 0 aliphatic carbocycles. The highest BCUT2D eigenvalue weighted by Gasteiger charge is 2.42. The van der Waals surface area contributed by atoms with Gasteiger partial charge in [-0.25, -0.2) is 9.59 Å². The minimum absolute atomic E-state index is 0.0811. The molecule has 0 aromatic heterocycles. The summed E-state index contributed by atoms with van der Waals surface area (Å²) in [5.74, 6) is -2.02. The lowest BCUT2D eigenvalue weighted by molar-refractivity contribution is -0.142. The Morgan fingerprint density at radius 1 is 1.35 bits per heavy atom. The van der Waals surface area contributed by atoms with E-state index in [9.17, 15) is 19.2 Å². The van der Waals surface area contributed by atoms with Gasteiger partial charge >= 0.3 is 12.0 Å². The number of aliphatic carboxylic acids is 1. The zero-order chi connectivity index (χ0) is 15.0. The topological polar surface area (TPSA) is 107 Å². The van der Waals surface area contributed by atoms with Crippen molar-refractivity contribution in [2.45, 2.75) is 31.8 Å². The SMILES string of the molecule is CC1CCN(C(=O)NC2CC(=O)N(C)C2=O)C1C(=O)O. The van der Waals surface area contributed by atoms with Crippen LogP contribution in [-0.2, 0) is 14.4 Å². The van der Waals surface area contributed by atoms with Crippen LogP contribution < -0.4 is 5.32 Å². The molecule has 0 aromatic carbocycles. The van der Waals surface area contributed by atoms with Gasteiger partial charge in [0.1, 0.15) is 12.1 Å². The molecule has 0 saturated carbocycles. The number of likely N-dealkylation sites (tertiary alicyclic amines) is 2. The molecule has 2 fully saturated rings. The maximum Gasteiger partial charge on any atom is 0.326 e. The Kier molecular flexibility index (Phi) is 3.65. The Balaban J connectivity index is 2.04. The van der Waals surface area contributed by atoms with Crippen LogP contribution in [-0.4, -0.2) is 64.4 Å². The average molecular weight is 283 g/mol. The van der Waals surface area contributed by atoms with Crippen LogP contribution in [0.25, 0.3) is 0 Å². The van der Waals surface area contributed by atoms with Crippen LogP contribution in [0.5, 0.6) is 0 Å². The van der Waals surface area contributed by atoms with E-state index in [2.05, 4.69) is 5.32 Å². The summed E-state index contributed by atoms with van der Waals surface area (Å²) >= 11 is 0. The van der Waals surface area contributed by atoms with Gasteiger partial charge < -0.3 is 15.3 Å². The Morgan fingerprint density at radius 3 is 2.50 bits per heavy atom. The second-order valence-corrected chi connectivity index (χ2v) is 5.24. The second-order valence-electron chi connectivity index (χ2n) is 5.24. The highest BCUT2D eigenvalue weighted by Crippen LogP contribution is 2.24. The summed E-state index contributed by atoms with van der Waals surface area (Å²) < 4.78 is 0. The van der Waals surface area contributed by atoms with Crippen LogP contribution in [0.1, 0.15) is 19.8 Å². The molecule has 4 amide bonds. The molecule has 8 heteroatoms. The minimum Gasteiger partial charge on any atom is -0.480 e. The molecule has 20 heavy (non-hydrogen) atoms. The predicted molar refractivity (Wildman–Crippen MR) is 66.6 cm³/mol. The van der Waals surface area contributed by atoms with E-state index >= 15 is 0 Å². The smallest absolute Gasteiger partial charge is 0.326 e. The van der Waals surface area contributed by atoms with Gasteiger partial charge in [-0.1, -0.05) is 6.92 Å². The lowest BCUT2D eigenvalue weighted by Crippen LogP contribution is -2.51. The van der Waals surface area contributed by atoms with E-state index in [-0.39, 0.29) is 18.2 Å².